The summed E-state index contributed by atoms with van der Waals surface area (Å²) >= 11 is 12.9. The normalized spacial score (nSPS) is 26.9. The van der Waals surface area contributed by atoms with E-state index < -0.39 is 86.3 Å². The molecule has 6 rings (SSSR count). The number of hydrogen-bond donors (Lipinski definition) is 1. The summed E-state index contributed by atoms with van der Waals surface area (Å²) in [4.78, 5) is 30.5. The fourth-order valence-corrected chi connectivity index (χ4v) is 8.78. The number of carbonyl (C=O) groups excluding carboxylic acids is 1. The zero-order valence-corrected chi connectivity index (χ0v) is 34.1. The van der Waals surface area contributed by atoms with Crippen molar-refractivity contribution in [2.24, 2.45) is 0 Å². The van der Waals surface area contributed by atoms with Crippen LogP contribution in [-0.4, -0.2) is 108 Å². The first-order chi connectivity index (χ1) is 25.6. The summed E-state index contributed by atoms with van der Waals surface area (Å²) in [6, 6.07) is 4.47. The molecule has 0 radical (unpaired) electrons. The molecule has 0 aliphatic carbocycles. The highest BCUT2D eigenvalue weighted by molar-refractivity contribution is 6.74. The van der Waals surface area contributed by atoms with Gasteiger partial charge in [0.15, 0.2) is 37.7 Å². The first kappa shape index (κ1) is 41.3. The summed E-state index contributed by atoms with van der Waals surface area (Å²) in [7, 11) is -1.13. The van der Waals surface area contributed by atoms with E-state index in [4.69, 9.17) is 46.6 Å². The van der Waals surface area contributed by atoms with Crippen molar-refractivity contribution in [3.63, 3.8) is 0 Å². The number of nitrogens with zero attached hydrogens (tertiary/aromatic N) is 5. The van der Waals surface area contributed by atoms with Gasteiger partial charge in [-0.05, 0) is 62.3 Å². The van der Waals surface area contributed by atoms with Gasteiger partial charge in [0.05, 0.1) is 18.8 Å². The molecule has 2 aromatic carbocycles. The Morgan fingerprint density at radius 2 is 1.71 bits per heavy atom. The second-order valence-electron chi connectivity index (χ2n) is 15.9. The van der Waals surface area contributed by atoms with Gasteiger partial charge in [-0.15, -0.1) is 5.10 Å². The molecule has 1 aromatic heterocycles. The molecule has 3 fully saturated rings. The van der Waals surface area contributed by atoms with Crippen LogP contribution in [0.1, 0.15) is 47.1 Å². The molecule has 1 N–H and O–H groups in total. The third-order valence-corrected chi connectivity index (χ3v) is 15.6. The standard InChI is InChI=1S/C36H44Cl2F3N5O8Si/c1-35(2,3)55(7,8)54-27-14-22(15-44(27)34(48)49)46(21-12-19(37)11-20(38)13-21)33(47)32-31(50-6)29(30-26(52-32)17-51-36(4,5)53-30)45-16-25(42-43-45)18-9-23(39)28(41)24(40)10-18/h9-13,16,22,26-27,29-32H,14-15,17H2,1-8H3,(H,48,49)/t22?,26-,27?,29+,30+,31-,32-/m1/s1. The Morgan fingerprint density at radius 3 is 2.29 bits per heavy atom. The second kappa shape index (κ2) is 15.2. The van der Waals surface area contributed by atoms with Crippen molar-refractivity contribution in [2.45, 2.75) is 108 Å². The minimum atomic E-state index is -2.50. The predicted octanol–water partition coefficient (Wildman–Crippen LogP) is 7.28. The lowest BCUT2D eigenvalue weighted by Gasteiger charge is -2.51. The van der Waals surface area contributed by atoms with Crippen LogP contribution in [0.5, 0.6) is 0 Å². The molecule has 13 nitrogen and oxygen atoms in total. The van der Waals surface area contributed by atoms with Gasteiger partial charge in [0.1, 0.15) is 36.3 Å². The van der Waals surface area contributed by atoms with Crippen molar-refractivity contribution in [1.29, 1.82) is 0 Å². The average molecular weight is 831 g/mol. The van der Waals surface area contributed by atoms with Crippen LogP contribution in [-0.2, 0) is 28.2 Å². The van der Waals surface area contributed by atoms with Gasteiger partial charge in [-0.2, -0.15) is 0 Å². The van der Waals surface area contributed by atoms with Crippen LogP contribution in [0.15, 0.2) is 36.5 Å². The number of likely N-dealkylation sites (tertiary alicyclic amines) is 1. The highest BCUT2D eigenvalue weighted by Crippen LogP contribution is 2.43. The summed E-state index contributed by atoms with van der Waals surface area (Å²) in [5.74, 6) is -6.16. The number of carbonyl (C=O) groups is 2. The summed E-state index contributed by atoms with van der Waals surface area (Å²) in [5, 5.41) is 18.9. The lowest BCUT2D eigenvalue weighted by Crippen LogP contribution is -2.66. The Morgan fingerprint density at radius 1 is 1.07 bits per heavy atom. The average Bonchev–Trinajstić information content (AvgIpc) is 3.72. The van der Waals surface area contributed by atoms with Crippen molar-refractivity contribution in [2.75, 3.05) is 25.2 Å². The number of carboxylic acid groups (broad SMARTS) is 1. The van der Waals surface area contributed by atoms with E-state index in [0.717, 1.165) is 12.1 Å². The van der Waals surface area contributed by atoms with E-state index in [0.29, 0.717) is 0 Å². The van der Waals surface area contributed by atoms with Crippen LogP contribution < -0.4 is 4.90 Å². The number of aromatic nitrogens is 3. The fourth-order valence-electron chi connectivity index (χ4n) is 7.00. The maximum Gasteiger partial charge on any atom is 0.409 e. The van der Waals surface area contributed by atoms with Gasteiger partial charge in [-0.1, -0.05) is 49.2 Å². The van der Waals surface area contributed by atoms with Crippen LogP contribution in [0.4, 0.5) is 23.7 Å². The van der Waals surface area contributed by atoms with Gasteiger partial charge in [0.25, 0.3) is 5.91 Å². The molecule has 3 aliphatic rings. The van der Waals surface area contributed by atoms with E-state index in [1.54, 1.807) is 26.0 Å². The number of amides is 2. The van der Waals surface area contributed by atoms with E-state index >= 15 is 4.79 Å². The van der Waals surface area contributed by atoms with E-state index in [1.807, 2.05) is 33.9 Å². The van der Waals surface area contributed by atoms with E-state index in [2.05, 4.69) is 10.3 Å². The van der Waals surface area contributed by atoms with Gasteiger partial charge in [0, 0.05) is 41.4 Å². The number of halogens is 5. The summed E-state index contributed by atoms with van der Waals surface area (Å²) in [5.41, 5.74) is 0.208. The van der Waals surface area contributed by atoms with Crippen LogP contribution >= 0.6 is 23.2 Å². The molecule has 2 unspecified atom stereocenters. The zero-order valence-electron chi connectivity index (χ0n) is 31.6. The maximum atomic E-state index is 15.2. The van der Waals surface area contributed by atoms with Crippen molar-refractivity contribution in [3.8, 4) is 11.3 Å². The molecule has 7 atom stereocenters. The minimum absolute atomic E-state index is 0.00702. The van der Waals surface area contributed by atoms with Crippen molar-refractivity contribution < 1.29 is 51.2 Å². The molecule has 300 valence electrons. The van der Waals surface area contributed by atoms with Crippen LogP contribution in [0.3, 0.4) is 0 Å². The van der Waals surface area contributed by atoms with Gasteiger partial charge < -0.3 is 33.4 Å². The largest absolute Gasteiger partial charge is 0.465 e. The molecular formula is C36H44Cl2F3N5O8Si. The van der Waals surface area contributed by atoms with Gasteiger partial charge >= 0.3 is 6.09 Å². The Kier molecular flexibility index (Phi) is 11.4. The van der Waals surface area contributed by atoms with Gasteiger partial charge in [-0.3, -0.25) is 9.69 Å². The van der Waals surface area contributed by atoms with Gasteiger partial charge in [0.2, 0.25) is 0 Å². The van der Waals surface area contributed by atoms with Crippen molar-refractivity contribution in [3.05, 3.63) is 64.0 Å². The fraction of sp³-hybridized carbons (Fsp3) is 0.556. The SMILES string of the molecule is CO[C@@H]1[C@@H](n2cc(-c3cc(F)c(F)c(F)c3)nn2)[C@H]2OC(C)(C)OC[C@H]2O[C@H]1C(=O)N(c1cc(Cl)cc(Cl)c1)C1CC(O[Si](C)(C)C(C)(C)C)N(C(=O)O)C1. The molecule has 2 amide bonds. The monoisotopic (exact) mass is 829 g/mol. The molecule has 19 heteroatoms. The van der Waals surface area contributed by atoms with Crippen molar-refractivity contribution >= 4 is 49.2 Å². The quantitative estimate of drug-likeness (QED) is 0.182. The smallest absolute Gasteiger partial charge is 0.409 e. The number of methoxy groups -OCH3 is 1. The lowest BCUT2D eigenvalue weighted by atomic mass is 9.90. The Balaban J connectivity index is 1.42. The molecular weight excluding hydrogens is 786 g/mol. The number of hydrogen-bond acceptors (Lipinski definition) is 9. The second-order valence-corrected chi connectivity index (χ2v) is 21.5. The van der Waals surface area contributed by atoms with Gasteiger partial charge in [-0.25, -0.2) is 22.6 Å². The molecule has 0 bridgehead atoms. The first-order valence-corrected chi connectivity index (χ1v) is 21.3. The molecule has 3 saturated heterocycles. The van der Waals surface area contributed by atoms with E-state index in [1.165, 1.54) is 33.9 Å². The molecule has 3 aliphatic heterocycles. The number of benzene rings is 2. The van der Waals surface area contributed by atoms with E-state index in [9.17, 15) is 23.1 Å². The number of rotatable bonds is 8. The highest BCUT2D eigenvalue weighted by atomic mass is 35.5. The molecule has 4 heterocycles. The first-order valence-electron chi connectivity index (χ1n) is 17.6. The minimum Gasteiger partial charge on any atom is -0.465 e. The Labute approximate surface area is 327 Å². The van der Waals surface area contributed by atoms with Crippen LogP contribution in [0.2, 0.25) is 28.2 Å². The number of ether oxygens (including phenoxy) is 4. The summed E-state index contributed by atoms with van der Waals surface area (Å²) < 4.78 is 75.0. The number of fused-ring (bicyclic) bond motifs is 1. The third-order valence-electron chi connectivity index (χ3n) is 10.7. The lowest BCUT2D eigenvalue weighted by molar-refractivity contribution is -0.346. The Bertz CT molecular complexity index is 1910. The van der Waals surface area contributed by atoms with Crippen molar-refractivity contribution in [1.82, 2.24) is 19.9 Å². The third kappa shape index (κ3) is 8.26. The summed E-state index contributed by atoms with van der Waals surface area (Å²) in [6.07, 6.45) is -4.83. The van der Waals surface area contributed by atoms with Crippen LogP contribution in [0, 0.1) is 17.5 Å². The zero-order chi connectivity index (χ0) is 40.4. The Hall–Kier alpha value is -3.29. The van der Waals surface area contributed by atoms with E-state index in [-0.39, 0.29) is 51.6 Å². The molecule has 0 saturated carbocycles. The number of anilines is 1. The maximum absolute atomic E-state index is 15.2. The molecule has 55 heavy (non-hydrogen) atoms. The molecule has 0 spiro atoms. The summed E-state index contributed by atoms with van der Waals surface area (Å²) in [6.45, 7) is 13.5. The van der Waals surface area contributed by atoms with Crippen LogP contribution in [0.25, 0.3) is 11.3 Å². The topological polar surface area (TPSA) is 138 Å². The highest BCUT2D eigenvalue weighted by Gasteiger charge is 2.57. The predicted molar refractivity (Wildman–Crippen MR) is 198 cm³/mol. The molecule has 3 aromatic rings.